The highest BCUT2D eigenvalue weighted by Crippen LogP contribution is 2.42. The van der Waals surface area contributed by atoms with E-state index in [-0.39, 0.29) is 17.7 Å². The highest BCUT2D eigenvalue weighted by atomic mass is 16.8. The van der Waals surface area contributed by atoms with Gasteiger partial charge in [0.1, 0.15) is 36.8 Å². The summed E-state index contributed by atoms with van der Waals surface area (Å²) in [5.74, 6) is -2.52. The molecule has 0 aromatic heterocycles. The second-order valence-electron chi connectivity index (χ2n) is 9.49. The molecule has 1 aromatic rings. The molecule has 39 heavy (non-hydrogen) atoms. The number of hydrogen-bond donors (Lipinski definition) is 5. The minimum atomic E-state index is -1.71. The van der Waals surface area contributed by atoms with E-state index < -0.39 is 79.8 Å². The summed E-state index contributed by atoms with van der Waals surface area (Å²) in [6, 6.07) is 6.09. The van der Waals surface area contributed by atoms with Crippen LogP contribution in [0.5, 0.6) is 5.75 Å². The second kappa shape index (κ2) is 12.4. The van der Waals surface area contributed by atoms with Gasteiger partial charge in [-0.2, -0.15) is 0 Å². The molecule has 0 unspecified atom stereocenters. The Morgan fingerprint density at radius 1 is 1.03 bits per heavy atom. The van der Waals surface area contributed by atoms with E-state index in [1.807, 2.05) is 0 Å². The van der Waals surface area contributed by atoms with Gasteiger partial charge in [-0.25, -0.2) is 9.59 Å². The average molecular weight is 553 g/mol. The Kier molecular flexibility index (Phi) is 9.23. The summed E-state index contributed by atoms with van der Waals surface area (Å²) in [6.45, 7) is 1.18. The first kappa shape index (κ1) is 29.0. The molecule has 3 heterocycles. The Labute approximate surface area is 223 Å². The molecule has 4 rings (SSSR count). The summed E-state index contributed by atoms with van der Waals surface area (Å²) in [4.78, 5) is 24.4. The van der Waals surface area contributed by atoms with E-state index in [1.165, 1.54) is 25.3 Å². The molecule has 3 aliphatic heterocycles. The number of phenols is 1. The van der Waals surface area contributed by atoms with Gasteiger partial charge in [0.25, 0.3) is 0 Å². The molecule has 1 aromatic carbocycles. The van der Waals surface area contributed by atoms with Gasteiger partial charge >= 0.3 is 11.9 Å². The van der Waals surface area contributed by atoms with Crippen LogP contribution >= 0.6 is 0 Å². The topological polar surface area (TPSA) is 191 Å². The number of aromatic hydroxyl groups is 1. The monoisotopic (exact) mass is 552 g/mol. The molecule has 2 fully saturated rings. The van der Waals surface area contributed by atoms with Crippen molar-refractivity contribution in [3.05, 3.63) is 47.7 Å². The first-order chi connectivity index (χ1) is 18.6. The minimum absolute atomic E-state index is 0.0603. The Hall–Kier alpha value is -3.04. The second-order valence-corrected chi connectivity index (χ2v) is 9.49. The molecule has 5 N–H and O–H groups in total. The predicted octanol–water partition coefficient (Wildman–Crippen LogP) is -0.454. The van der Waals surface area contributed by atoms with Crippen LogP contribution in [0.25, 0.3) is 6.08 Å². The molecule has 214 valence electrons. The van der Waals surface area contributed by atoms with Gasteiger partial charge in [-0.05, 0) is 30.7 Å². The number of methoxy groups -OCH3 is 1. The predicted molar refractivity (Wildman–Crippen MR) is 129 cm³/mol. The highest BCUT2D eigenvalue weighted by molar-refractivity contribution is 5.89. The summed E-state index contributed by atoms with van der Waals surface area (Å²) >= 11 is 0. The van der Waals surface area contributed by atoms with Crippen molar-refractivity contribution in [1.29, 1.82) is 0 Å². The first-order valence-corrected chi connectivity index (χ1v) is 12.4. The smallest absolute Gasteiger partial charge is 0.337 e. The quantitative estimate of drug-likeness (QED) is 0.216. The van der Waals surface area contributed by atoms with E-state index in [9.17, 15) is 35.1 Å². The lowest BCUT2D eigenvalue weighted by Crippen LogP contribution is -2.61. The molecule has 13 nitrogen and oxygen atoms in total. The van der Waals surface area contributed by atoms with Crippen molar-refractivity contribution in [2.45, 2.75) is 62.7 Å². The van der Waals surface area contributed by atoms with Crippen molar-refractivity contribution in [2.24, 2.45) is 11.8 Å². The lowest BCUT2D eigenvalue weighted by Gasteiger charge is -2.47. The number of phenolic OH excluding ortho intramolecular Hbond substituents is 1. The third-order valence-electron chi connectivity index (χ3n) is 6.93. The molecule has 0 saturated carbocycles. The van der Waals surface area contributed by atoms with E-state index in [4.69, 9.17) is 28.4 Å². The lowest BCUT2D eigenvalue weighted by atomic mass is 9.77. The summed E-state index contributed by atoms with van der Waals surface area (Å²) in [5, 5.41) is 50.8. The number of aliphatic hydroxyl groups is 4. The number of aliphatic hydroxyl groups excluding tert-OH is 4. The van der Waals surface area contributed by atoms with E-state index in [0.717, 1.165) is 12.3 Å². The molecule has 10 atom stereocenters. The van der Waals surface area contributed by atoms with Crippen molar-refractivity contribution in [1.82, 2.24) is 0 Å². The highest BCUT2D eigenvalue weighted by Gasteiger charge is 2.51. The fourth-order valence-corrected chi connectivity index (χ4v) is 4.86. The Morgan fingerprint density at radius 3 is 2.44 bits per heavy atom. The van der Waals surface area contributed by atoms with Gasteiger partial charge in [0.2, 0.25) is 6.29 Å². The fraction of sp³-hybridized carbons (Fsp3) is 0.538. The summed E-state index contributed by atoms with van der Waals surface area (Å²) in [6.07, 6.45) is -6.89. The summed E-state index contributed by atoms with van der Waals surface area (Å²) < 4.78 is 32.6. The molecule has 0 radical (unpaired) electrons. The molecular formula is C26H32O13. The summed E-state index contributed by atoms with van der Waals surface area (Å²) in [5.41, 5.74) is 0.816. The largest absolute Gasteiger partial charge is 0.508 e. The third kappa shape index (κ3) is 6.58. The maximum Gasteiger partial charge on any atom is 0.337 e. The number of rotatable bonds is 7. The maximum atomic E-state index is 12.3. The first-order valence-electron chi connectivity index (χ1n) is 12.4. The lowest BCUT2D eigenvalue weighted by molar-refractivity contribution is -0.352. The van der Waals surface area contributed by atoms with Gasteiger partial charge in [0.05, 0.1) is 31.0 Å². The normalized spacial score (nSPS) is 36.4. The van der Waals surface area contributed by atoms with Crippen LogP contribution in [0, 0.1) is 11.8 Å². The maximum absolute atomic E-state index is 12.3. The molecule has 0 spiro atoms. The van der Waals surface area contributed by atoms with Crippen LogP contribution < -0.4 is 0 Å². The number of ether oxygens (including phenoxy) is 6. The molecule has 3 aliphatic rings. The SMILES string of the molecule is COC(=O)C1=CO[C@@H](O[C@@H]2O[C@H](COC(=O)C=Cc3ccc(O)cc3)[C@@H](O)[C@H](O)[C@H]2O)[C@@H]2[C@@H]1C[C@@H](O)O[C@@H]2C. The van der Waals surface area contributed by atoms with E-state index >= 15 is 0 Å². The number of hydrogen-bond acceptors (Lipinski definition) is 13. The number of carbonyl (C=O) groups is 2. The van der Waals surface area contributed by atoms with E-state index in [1.54, 1.807) is 19.1 Å². The van der Waals surface area contributed by atoms with Crippen molar-refractivity contribution in [2.75, 3.05) is 13.7 Å². The van der Waals surface area contributed by atoms with Gasteiger partial charge < -0.3 is 54.0 Å². The third-order valence-corrected chi connectivity index (χ3v) is 6.93. The van der Waals surface area contributed by atoms with Crippen LogP contribution in [0.2, 0.25) is 0 Å². The minimum Gasteiger partial charge on any atom is -0.508 e. The van der Waals surface area contributed by atoms with Gasteiger partial charge in [0, 0.05) is 18.4 Å². The summed E-state index contributed by atoms with van der Waals surface area (Å²) in [7, 11) is 1.22. The van der Waals surface area contributed by atoms with Crippen LogP contribution in [-0.4, -0.2) is 101 Å². The van der Waals surface area contributed by atoms with Crippen molar-refractivity contribution in [3.8, 4) is 5.75 Å². The standard InChI is InChI=1S/C26H32O13/c1-12-20-15(9-19(29)37-12)16(24(33)34-2)10-36-25(20)39-26-23(32)22(31)21(30)17(38-26)11-35-18(28)8-5-13-3-6-14(27)7-4-13/h3-8,10,12,15,17,19-23,25-27,29-32H,9,11H2,1-2H3/t12-,15-,17-,19+,20+,21-,22+,23-,25+,26+/m1/s1. The number of fused-ring (bicyclic) bond motifs is 1. The molecule has 2 saturated heterocycles. The van der Waals surface area contributed by atoms with Gasteiger partial charge in [0.15, 0.2) is 12.6 Å². The molecule has 13 heteroatoms. The fourth-order valence-electron chi connectivity index (χ4n) is 4.86. The van der Waals surface area contributed by atoms with Crippen LogP contribution in [0.4, 0.5) is 0 Å². The molecule has 0 aliphatic carbocycles. The number of esters is 2. The van der Waals surface area contributed by atoms with Crippen LogP contribution in [0.3, 0.4) is 0 Å². The van der Waals surface area contributed by atoms with E-state index in [0.29, 0.717) is 5.56 Å². The Morgan fingerprint density at radius 2 is 1.74 bits per heavy atom. The van der Waals surface area contributed by atoms with Crippen molar-refractivity contribution in [3.63, 3.8) is 0 Å². The van der Waals surface area contributed by atoms with Gasteiger partial charge in [-0.15, -0.1) is 0 Å². The zero-order valence-electron chi connectivity index (χ0n) is 21.2. The van der Waals surface area contributed by atoms with Crippen molar-refractivity contribution >= 4 is 18.0 Å². The number of carbonyl (C=O) groups excluding carboxylic acids is 2. The zero-order chi connectivity index (χ0) is 28.3. The Balaban J connectivity index is 1.42. The van der Waals surface area contributed by atoms with Crippen LogP contribution in [0.15, 0.2) is 42.2 Å². The van der Waals surface area contributed by atoms with E-state index in [2.05, 4.69) is 0 Å². The molecule has 0 bridgehead atoms. The average Bonchev–Trinajstić information content (AvgIpc) is 2.91. The van der Waals surface area contributed by atoms with Gasteiger partial charge in [-0.3, -0.25) is 0 Å². The van der Waals surface area contributed by atoms with Crippen LogP contribution in [0.1, 0.15) is 18.9 Å². The van der Waals surface area contributed by atoms with Crippen molar-refractivity contribution < 1.29 is 63.5 Å². The number of benzene rings is 1. The molecular weight excluding hydrogens is 520 g/mol. The Bertz CT molecular complexity index is 1070. The van der Waals surface area contributed by atoms with Crippen LogP contribution in [-0.2, 0) is 38.0 Å². The van der Waals surface area contributed by atoms with Gasteiger partial charge in [-0.1, -0.05) is 12.1 Å². The molecule has 0 amide bonds. The zero-order valence-corrected chi connectivity index (χ0v) is 21.2.